The number of anilines is 1. The SMILES string of the molecule is CC(C)Cc1ccc([C@@H](C)C(=O)NNc2ncnc3ccccc23)cc1. The first-order valence-electron chi connectivity index (χ1n) is 8.89. The van der Waals surface area contributed by atoms with Gasteiger partial charge in [0.2, 0.25) is 5.91 Å². The summed E-state index contributed by atoms with van der Waals surface area (Å²) in [5.74, 6) is 0.838. The zero-order valence-corrected chi connectivity index (χ0v) is 15.4. The maximum absolute atomic E-state index is 12.5. The van der Waals surface area contributed by atoms with Gasteiger partial charge in [-0.2, -0.15) is 0 Å². The molecule has 26 heavy (non-hydrogen) atoms. The van der Waals surface area contributed by atoms with Crippen LogP contribution in [0.4, 0.5) is 5.82 Å². The zero-order chi connectivity index (χ0) is 18.5. The van der Waals surface area contributed by atoms with Gasteiger partial charge < -0.3 is 0 Å². The lowest BCUT2D eigenvalue weighted by Gasteiger charge is -2.15. The second kappa shape index (κ2) is 7.95. The monoisotopic (exact) mass is 348 g/mol. The number of hydrogen-bond donors (Lipinski definition) is 2. The van der Waals surface area contributed by atoms with Crippen LogP contribution in [0, 0.1) is 5.92 Å². The normalized spacial score (nSPS) is 12.2. The minimum absolute atomic E-state index is 0.107. The fourth-order valence-electron chi connectivity index (χ4n) is 2.90. The molecule has 2 N–H and O–H groups in total. The minimum atomic E-state index is -0.260. The maximum atomic E-state index is 12.5. The summed E-state index contributed by atoms with van der Waals surface area (Å²) in [4.78, 5) is 20.9. The van der Waals surface area contributed by atoms with Crippen molar-refractivity contribution in [2.45, 2.75) is 33.1 Å². The lowest BCUT2D eigenvalue weighted by Crippen LogP contribution is -2.33. The van der Waals surface area contributed by atoms with Crippen LogP contribution in [0.25, 0.3) is 10.9 Å². The molecular formula is C21H24N4O. The lowest BCUT2D eigenvalue weighted by atomic mass is 9.96. The number of carbonyl (C=O) groups is 1. The van der Waals surface area contributed by atoms with E-state index in [9.17, 15) is 4.79 Å². The van der Waals surface area contributed by atoms with Crippen LogP contribution < -0.4 is 10.9 Å². The second-order valence-corrected chi connectivity index (χ2v) is 6.91. The number of para-hydroxylation sites is 1. The van der Waals surface area contributed by atoms with Gasteiger partial charge in [-0.25, -0.2) is 9.97 Å². The molecule has 5 nitrogen and oxygen atoms in total. The number of nitrogens with zero attached hydrogens (tertiary/aromatic N) is 2. The molecule has 3 rings (SSSR count). The average Bonchev–Trinajstić information content (AvgIpc) is 2.65. The van der Waals surface area contributed by atoms with E-state index < -0.39 is 0 Å². The van der Waals surface area contributed by atoms with Crippen molar-refractivity contribution in [2.75, 3.05) is 5.43 Å². The van der Waals surface area contributed by atoms with Crippen molar-refractivity contribution in [3.8, 4) is 0 Å². The Morgan fingerprint density at radius 2 is 1.73 bits per heavy atom. The smallest absolute Gasteiger partial charge is 0.245 e. The summed E-state index contributed by atoms with van der Waals surface area (Å²) < 4.78 is 0. The van der Waals surface area contributed by atoms with E-state index in [0.717, 1.165) is 22.9 Å². The third-order valence-corrected chi connectivity index (χ3v) is 4.36. The number of amides is 1. The Kier molecular flexibility index (Phi) is 5.46. The van der Waals surface area contributed by atoms with Crippen LogP contribution in [0.1, 0.15) is 37.8 Å². The Morgan fingerprint density at radius 1 is 1.00 bits per heavy atom. The largest absolute Gasteiger partial charge is 0.281 e. The van der Waals surface area contributed by atoms with Crippen molar-refractivity contribution >= 4 is 22.6 Å². The molecule has 2 aromatic carbocycles. The molecule has 0 saturated carbocycles. The van der Waals surface area contributed by atoms with Gasteiger partial charge in [0.25, 0.3) is 0 Å². The molecule has 0 unspecified atom stereocenters. The van der Waals surface area contributed by atoms with Crippen LogP contribution in [-0.4, -0.2) is 15.9 Å². The number of carbonyl (C=O) groups excluding carboxylic acids is 1. The predicted octanol–water partition coefficient (Wildman–Crippen LogP) is 4.08. The standard InChI is InChI=1S/C21H24N4O/c1-14(2)12-16-8-10-17(11-9-16)15(3)21(26)25-24-20-18-6-4-5-7-19(18)22-13-23-20/h4-11,13-15H,12H2,1-3H3,(H,25,26)(H,22,23,24)/t15-/m1/s1. The second-order valence-electron chi connectivity index (χ2n) is 6.91. The zero-order valence-electron chi connectivity index (χ0n) is 15.4. The van der Waals surface area contributed by atoms with E-state index in [4.69, 9.17) is 0 Å². The van der Waals surface area contributed by atoms with Crippen molar-refractivity contribution in [3.05, 3.63) is 66.0 Å². The van der Waals surface area contributed by atoms with Crippen LogP contribution >= 0.6 is 0 Å². The molecule has 1 aromatic heterocycles. The number of nitrogens with one attached hydrogen (secondary N) is 2. The van der Waals surface area contributed by atoms with E-state index >= 15 is 0 Å². The molecular weight excluding hydrogens is 324 g/mol. The Balaban J connectivity index is 1.65. The summed E-state index contributed by atoms with van der Waals surface area (Å²) in [6.45, 7) is 6.30. The highest BCUT2D eigenvalue weighted by Crippen LogP contribution is 2.19. The first kappa shape index (κ1) is 17.9. The molecule has 0 saturated heterocycles. The van der Waals surface area contributed by atoms with Gasteiger partial charge in [-0.1, -0.05) is 50.2 Å². The molecule has 1 amide bonds. The van der Waals surface area contributed by atoms with Crippen LogP contribution in [-0.2, 0) is 11.2 Å². The van der Waals surface area contributed by atoms with Gasteiger partial charge in [-0.15, -0.1) is 0 Å². The Hall–Kier alpha value is -2.95. The van der Waals surface area contributed by atoms with Gasteiger partial charge in [0.1, 0.15) is 6.33 Å². The highest BCUT2D eigenvalue weighted by molar-refractivity contribution is 5.90. The third-order valence-electron chi connectivity index (χ3n) is 4.36. The molecule has 0 radical (unpaired) electrons. The van der Waals surface area contributed by atoms with E-state index in [-0.39, 0.29) is 11.8 Å². The summed E-state index contributed by atoms with van der Waals surface area (Å²) in [6.07, 6.45) is 2.52. The summed E-state index contributed by atoms with van der Waals surface area (Å²) in [5.41, 5.74) is 8.79. The minimum Gasteiger partial charge on any atom is -0.281 e. The quantitative estimate of drug-likeness (QED) is 0.659. The molecule has 0 aliphatic rings. The van der Waals surface area contributed by atoms with Crippen molar-refractivity contribution in [1.29, 1.82) is 0 Å². The summed E-state index contributed by atoms with van der Waals surface area (Å²) in [7, 11) is 0. The molecule has 134 valence electrons. The van der Waals surface area contributed by atoms with Gasteiger partial charge in [0.05, 0.1) is 11.4 Å². The number of benzene rings is 2. The Morgan fingerprint density at radius 3 is 2.46 bits per heavy atom. The Bertz CT molecular complexity index is 885. The highest BCUT2D eigenvalue weighted by atomic mass is 16.2. The number of aromatic nitrogens is 2. The van der Waals surface area contributed by atoms with Crippen molar-refractivity contribution in [3.63, 3.8) is 0 Å². The molecule has 0 aliphatic carbocycles. The van der Waals surface area contributed by atoms with Crippen LogP contribution in [0.15, 0.2) is 54.9 Å². The fraction of sp³-hybridized carbons (Fsp3) is 0.286. The van der Waals surface area contributed by atoms with E-state index in [1.165, 1.54) is 11.9 Å². The van der Waals surface area contributed by atoms with Crippen molar-refractivity contribution in [2.24, 2.45) is 5.92 Å². The van der Waals surface area contributed by atoms with Crippen molar-refractivity contribution in [1.82, 2.24) is 15.4 Å². The fourth-order valence-corrected chi connectivity index (χ4v) is 2.90. The molecule has 1 atom stereocenters. The molecule has 0 bridgehead atoms. The van der Waals surface area contributed by atoms with Gasteiger partial charge >= 0.3 is 0 Å². The highest BCUT2D eigenvalue weighted by Gasteiger charge is 2.15. The Labute approximate surface area is 153 Å². The molecule has 3 aromatic rings. The van der Waals surface area contributed by atoms with Crippen LogP contribution in [0.3, 0.4) is 0 Å². The number of hydrogen-bond acceptors (Lipinski definition) is 4. The predicted molar refractivity (Wildman–Crippen MR) is 105 cm³/mol. The first-order chi connectivity index (χ1) is 12.5. The van der Waals surface area contributed by atoms with Gasteiger partial charge in [0, 0.05) is 5.39 Å². The van der Waals surface area contributed by atoms with E-state index in [2.05, 4.69) is 46.8 Å². The maximum Gasteiger partial charge on any atom is 0.245 e. The van der Waals surface area contributed by atoms with Crippen LogP contribution in [0.2, 0.25) is 0 Å². The van der Waals surface area contributed by atoms with E-state index in [1.807, 2.05) is 43.3 Å². The molecule has 0 fully saturated rings. The van der Waals surface area contributed by atoms with E-state index in [0.29, 0.717) is 11.7 Å². The molecule has 0 aliphatic heterocycles. The summed E-state index contributed by atoms with van der Waals surface area (Å²) >= 11 is 0. The van der Waals surface area contributed by atoms with E-state index in [1.54, 1.807) is 0 Å². The molecule has 1 heterocycles. The van der Waals surface area contributed by atoms with Gasteiger partial charge in [0.15, 0.2) is 5.82 Å². The van der Waals surface area contributed by atoms with Gasteiger partial charge in [-0.05, 0) is 42.5 Å². The number of hydrazine groups is 1. The summed E-state index contributed by atoms with van der Waals surface area (Å²) in [6, 6.07) is 15.9. The lowest BCUT2D eigenvalue weighted by molar-refractivity contribution is -0.121. The number of rotatable bonds is 6. The van der Waals surface area contributed by atoms with Crippen molar-refractivity contribution < 1.29 is 4.79 Å². The topological polar surface area (TPSA) is 66.9 Å². The number of fused-ring (bicyclic) bond motifs is 1. The third kappa shape index (κ3) is 4.17. The summed E-state index contributed by atoms with van der Waals surface area (Å²) in [5, 5.41) is 0.862. The average molecular weight is 348 g/mol. The van der Waals surface area contributed by atoms with Crippen LogP contribution in [0.5, 0.6) is 0 Å². The molecule has 0 spiro atoms. The first-order valence-corrected chi connectivity index (χ1v) is 8.89. The molecule has 5 heteroatoms. The van der Waals surface area contributed by atoms with Gasteiger partial charge in [-0.3, -0.25) is 15.6 Å².